The summed E-state index contributed by atoms with van der Waals surface area (Å²) in [5.74, 6) is 1.02. The topological polar surface area (TPSA) is 84.6 Å². The van der Waals surface area contributed by atoms with Gasteiger partial charge in [0.05, 0.1) is 11.2 Å². The van der Waals surface area contributed by atoms with Crippen LogP contribution in [0.2, 0.25) is 0 Å². The van der Waals surface area contributed by atoms with E-state index in [2.05, 4.69) is 62.9 Å². The summed E-state index contributed by atoms with van der Waals surface area (Å²) < 4.78 is 42.7. The summed E-state index contributed by atoms with van der Waals surface area (Å²) >= 11 is 1.59. The average Bonchev–Trinajstić information content (AvgIpc) is 3.32. The lowest BCUT2D eigenvalue weighted by Gasteiger charge is -2.23. The third-order valence-electron chi connectivity index (χ3n) is 7.50. The molecule has 1 N–H and O–H groups in total. The molecular formula is C31H29F3N6O2S. The first-order valence-electron chi connectivity index (χ1n) is 13.8. The molecule has 2 heterocycles. The number of nitrogens with one attached hydrogen (secondary N) is 1. The summed E-state index contributed by atoms with van der Waals surface area (Å²) in [5.41, 5.74) is 6.48. The second-order valence-electron chi connectivity index (χ2n) is 10.8. The highest BCUT2D eigenvalue weighted by Gasteiger charge is 2.46. The Morgan fingerprint density at radius 2 is 1.70 bits per heavy atom. The van der Waals surface area contributed by atoms with Gasteiger partial charge in [0.1, 0.15) is 12.1 Å². The van der Waals surface area contributed by atoms with Gasteiger partial charge in [-0.05, 0) is 74.6 Å². The van der Waals surface area contributed by atoms with Crippen molar-refractivity contribution >= 4 is 28.6 Å². The van der Waals surface area contributed by atoms with Crippen LogP contribution in [0.15, 0.2) is 72.0 Å². The molecule has 2 fully saturated rings. The fourth-order valence-corrected chi connectivity index (χ4v) is 6.43. The quantitative estimate of drug-likeness (QED) is 0.253. The maximum atomic E-state index is 13.1. The first kappa shape index (κ1) is 28.8. The lowest BCUT2D eigenvalue weighted by molar-refractivity contribution is -0.274. The van der Waals surface area contributed by atoms with Crippen LogP contribution in [0.25, 0.3) is 17.1 Å². The maximum Gasteiger partial charge on any atom is 0.573 e. The van der Waals surface area contributed by atoms with Gasteiger partial charge in [0.15, 0.2) is 11.0 Å². The molecule has 0 atom stereocenters. The van der Waals surface area contributed by atoms with Crippen LogP contribution in [0.1, 0.15) is 35.1 Å². The zero-order valence-electron chi connectivity index (χ0n) is 23.8. The van der Waals surface area contributed by atoms with Gasteiger partial charge in [0.25, 0.3) is 0 Å². The van der Waals surface area contributed by atoms with Crippen molar-refractivity contribution in [2.45, 2.75) is 45.5 Å². The molecule has 8 nitrogen and oxygen atoms in total. The molecule has 12 heteroatoms. The highest BCUT2D eigenvalue weighted by molar-refractivity contribution is 8.14. The third kappa shape index (κ3) is 6.24. The largest absolute Gasteiger partial charge is 0.573 e. The predicted molar refractivity (Wildman–Crippen MR) is 161 cm³/mol. The number of hydrogen-bond acceptors (Lipinski definition) is 5. The average molecular weight is 607 g/mol. The Morgan fingerprint density at radius 1 is 1.02 bits per heavy atom. The van der Waals surface area contributed by atoms with Crippen LogP contribution in [-0.4, -0.2) is 44.6 Å². The number of amidine groups is 1. The highest BCUT2D eigenvalue weighted by Crippen LogP contribution is 2.46. The minimum absolute atomic E-state index is 0.310. The Hall–Kier alpha value is -4.32. The van der Waals surface area contributed by atoms with Gasteiger partial charge >= 0.3 is 12.4 Å². The second kappa shape index (κ2) is 11.1. The van der Waals surface area contributed by atoms with Gasteiger partial charge in [0, 0.05) is 23.5 Å². The van der Waals surface area contributed by atoms with Crippen molar-refractivity contribution in [2.75, 3.05) is 17.2 Å². The molecule has 1 aliphatic heterocycles. The monoisotopic (exact) mass is 606 g/mol. The van der Waals surface area contributed by atoms with E-state index in [9.17, 15) is 18.0 Å². The Labute approximate surface area is 251 Å². The van der Waals surface area contributed by atoms with E-state index in [0.717, 1.165) is 42.0 Å². The van der Waals surface area contributed by atoms with E-state index in [-0.39, 0.29) is 11.8 Å². The number of carbonyl (C=O) groups excluding carboxylic acids is 1. The molecule has 1 aliphatic carbocycles. The van der Waals surface area contributed by atoms with Crippen molar-refractivity contribution in [3.8, 4) is 22.8 Å². The molecule has 6 rings (SSSR count). The number of aryl methyl sites for hydroxylation is 3. The highest BCUT2D eigenvalue weighted by atomic mass is 32.2. The Bertz CT molecular complexity index is 1670. The molecule has 0 unspecified atom stereocenters. The SMILES string of the molecule is Cc1cc(C)c(N2CCSC2=NC(=O)NC2(c3ccc(-c4ncn(-c5ccc(OC(F)(F)F)cc5)n4)cc3)CC2)c(C)c1. The lowest BCUT2D eigenvalue weighted by Crippen LogP contribution is -2.34. The van der Waals surface area contributed by atoms with Gasteiger partial charge in [-0.25, -0.2) is 14.5 Å². The molecule has 43 heavy (non-hydrogen) atoms. The van der Waals surface area contributed by atoms with Crippen LogP contribution >= 0.6 is 11.8 Å². The molecule has 0 radical (unpaired) electrons. The molecule has 0 spiro atoms. The van der Waals surface area contributed by atoms with Crippen molar-refractivity contribution in [1.29, 1.82) is 0 Å². The number of urea groups is 1. The minimum atomic E-state index is -4.75. The third-order valence-corrected chi connectivity index (χ3v) is 8.45. The minimum Gasteiger partial charge on any atom is -0.406 e. The van der Waals surface area contributed by atoms with E-state index < -0.39 is 11.9 Å². The predicted octanol–water partition coefficient (Wildman–Crippen LogP) is 7.07. The summed E-state index contributed by atoms with van der Waals surface area (Å²) in [4.78, 5) is 24.1. The van der Waals surface area contributed by atoms with Crippen molar-refractivity contribution in [2.24, 2.45) is 4.99 Å². The maximum absolute atomic E-state index is 13.1. The Kier molecular flexibility index (Phi) is 7.41. The number of hydrogen-bond donors (Lipinski definition) is 1. The van der Waals surface area contributed by atoms with Gasteiger partial charge in [0.2, 0.25) is 0 Å². The van der Waals surface area contributed by atoms with Crippen LogP contribution in [-0.2, 0) is 5.54 Å². The lowest BCUT2D eigenvalue weighted by atomic mass is 10.0. The number of aromatic nitrogens is 3. The number of benzene rings is 3. The zero-order valence-corrected chi connectivity index (χ0v) is 24.6. The van der Waals surface area contributed by atoms with Gasteiger partial charge < -0.3 is 15.0 Å². The zero-order chi connectivity index (χ0) is 30.4. The molecule has 4 aromatic rings. The normalized spacial score (nSPS) is 16.9. The van der Waals surface area contributed by atoms with Gasteiger partial charge in [-0.15, -0.1) is 18.3 Å². The standard InChI is InChI=1S/C31H29F3N6O2S/c1-19-16-20(2)26(21(3)17-19)39-14-15-43-29(39)36-28(41)37-30(12-13-30)23-6-4-22(5-7-23)27-35-18-40(38-27)24-8-10-25(11-9-24)42-31(32,33)34/h4-11,16-18H,12-15H2,1-3H3,(H,37,41). The van der Waals surface area contributed by atoms with Gasteiger partial charge in [-0.3, -0.25) is 0 Å². The van der Waals surface area contributed by atoms with Crippen LogP contribution in [0.4, 0.5) is 23.7 Å². The first-order valence-corrected chi connectivity index (χ1v) is 14.8. The summed E-state index contributed by atoms with van der Waals surface area (Å²) in [6.07, 6.45) is -1.62. The molecular weight excluding hydrogens is 577 g/mol. The smallest absolute Gasteiger partial charge is 0.406 e. The fourth-order valence-electron chi connectivity index (χ4n) is 5.49. The van der Waals surface area contributed by atoms with Crippen molar-refractivity contribution < 1.29 is 22.7 Å². The Morgan fingerprint density at radius 3 is 2.33 bits per heavy atom. The van der Waals surface area contributed by atoms with E-state index in [1.165, 1.54) is 52.0 Å². The number of halogens is 3. The van der Waals surface area contributed by atoms with Gasteiger partial charge in [-0.1, -0.05) is 53.7 Å². The fraction of sp³-hybridized carbons (Fsp3) is 0.290. The van der Waals surface area contributed by atoms with E-state index in [4.69, 9.17) is 0 Å². The van der Waals surface area contributed by atoms with Crippen molar-refractivity contribution in [1.82, 2.24) is 20.1 Å². The summed E-state index contributed by atoms with van der Waals surface area (Å²) in [5, 5.41) is 8.32. The number of alkyl halides is 3. The number of aliphatic imine (C=N–C) groups is 1. The van der Waals surface area contributed by atoms with Crippen LogP contribution in [0.3, 0.4) is 0 Å². The Balaban J connectivity index is 1.13. The van der Waals surface area contributed by atoms with Crippen LogP contribution in [0.5, 0.6) is 5.75 Å². The molecule has 222 valence electrons. The summed E-state index contributed by atoms with van der Waals surface area (Å²) in [6, 6.07) is 17.0. The number of rotatable bonds is 6. The van der Waals surface area contributed by atoms with E-state index in [0.29, 0.717) is 16.7 Å². The molecule has 2 aliphatic rings. The van der Waals surface area contributed by atoms with Crippen molar-refractivity contribution in [3.05, 3.63) is 89.2 Å². The van der Waals surface area contributed by atoms with E-state index in [1.54, 1.807) is 11.8 Å². The van der Waals surface area contributed by atoms with E-state index >= 15 is 0 Å². The number of anilines is 1. The van der Waals surface area contributed by atoms with Crippen LogP contribution in [0, 0.1) is 20.8 Å². The molecule has 1 aromatic heterocycles. The van der Waals surface area contributed by atoms with E-state index in [1.807, 2.05) is 24.3 Å². The molecule has 0 bridgehead atoms. The molecule has 2 amide bonds. The second-order valence-corrected chi connectivity index (χ2v) is 11.8. The number of ether oxygens (including phenoxy) is 1. The number of thioether (sulfide) groups is 1. The number of amides is 2. The first-order chi connectivity index (χ1) is 20.5. The summed E-state index contributed by atoms with van der Waals surface area (Å²) in [6.45, 7) is 7.06. The van der Waals surface area contributed by atoms with Crippen LogP contribution < -0.4 is 15.0 Å². The van der Waals surface area contributed by atoms with Gasteiger partial charge in [-0.2, -0.15) is 4.99 Å². The molecule has 1 saturated carbocycles. The number of carbonyl (C=O) groups is 1. The summed E-state index contributed by atoms with van der Waals surface area (Å²) in [7, 11) is 0. The number of nitrogens with zero attached hydrogens (tertiary/aromatic N) is 5. The van der Waals surface area contributed by atoms with Crippen molar-refractivity contribution in [3.63, 3.8) is 0 Å². The molecule has 1 saturated heterocycles. The molecule has 3 aromatic carbocycles.